The molecule has 2 aromatic heterocycles. The van der Waals surface area contributed by atoms with Gasteiger partial charge in [-0.3, -0.25) is 9.78 Å². The summed E-state index contributed by atoms with van der Waals surface area (Å²) < 4.78 is 0. The lowest BCUT2D eigenvalue weighted by molar-refractivity contribution is 0.318. The van der Waals surface area contributed by atoms with Crippen molar-refractivity contribution < 1.29 is 5.21 Å². The Morgan fingerprint density at radius 3 is 2.72 bits per heavy atom. The van der Waals surface area contributed by atoms with Gasteiger partial charge in [0.1, 0.15) is 0 Å². The fourth-order valence-electron chi connectivity index (χ4n) is 1.70. The first-order chi connectivity index (χ1) is 8.63. The number of pyridine rings is 2. The Bertz CT molecular complexity index is 647. The lowest BCUT2D eigenvalue weighted by Crippen LogP contribution is -2.25. The third kappa shape index (κ3) is 2.08. The number of hydrogen-bond donors (Lipinski definition) is 3. The molecule has 0 amide bonds. The third-order valence-corrected chi connectivity index (χ3v) is 2.61. The molecule has 6 nitrogen and oxygen atoms in total. The second kappa shape index (κ2) is 4.70. The Balaban J connectivity index is 2.67. The maximum absolute atomic E-state index is 11.7. The highest BCUT2D eigenvalue weighted by atomic mass is 16.4. The molecule has 0 unspecified atom stereocenters. The first kappa shape index (κ1) is 11.8. The average molecular weight is 244 g/mol. The zero-order valence-corrected chi connectivity index (χ0v) is 9.71. The van der Waals surface area contributed by atoms with Crippen LogP contribution in [0.15, 0.2) is 40.5 Å². The van der Waals surface area contributed by atoms with Gasteiger partial charge < -0.3 is 15.9 Å². The van der Waals surface area contributed by atoms with E-state index in [0.717, 1.165) is 11.1 Å². The zero-order chi connectivity index (χ0) is 13.1. The van der Waals surface area contributed by atoms with Gasteiger partial charge >= 0.3 is 0 Å². The molecule has 2 rings (SSSR count). The van der Waals surface area contributed by atoms with E-state index in [2.05, 4.69) is 15.1 Å². The minimum atomic E-state index is -0.388. The third-order valence-electron chi connectivity index (χ3n) is 2.61. The summed E-state index contributed by atoms with van der Waals surface area (Å²) in [5.74, 6) is -0.216. The molecule has 0 atom stereocenters. The van der Waals surface area contributed by atoms with Gasteiger partial charge in [-0.25, -0.2) is 0 Å². The zero-order valence-electron chi connectivity index (χ0n) is 9.71. The number of oxime groups is 1. The molecule has 0 saturated heterocycles. The smallest absolute Gasteiger partial charge is 0.259 e. The van der Waals surface area contributed by atoms with E-state index in [0.29, 0.717) is 5.69 Å². The first-order valence-corrected chi connectivity index (χ1v) is 5.25. The van der Waals surface area contributed by atoms with Crippen LogP contribution in [-0.2, 0) is 0 Å². The van der Waals surface area contributed by atoms with Crippen molar-refractivity contribution >= 4 is 5.84 Å². The summed E-state index contributed by atoms with van der Waals surface area (Å²) in [7, 11) is 0. The van der Waals surface area contributed by atoms with E-state index in [1.165, 1.54) is 0 Å². The fraction of sp³-hybridized carbons (Fsp3) is 0.0833. The maximum Gasteiger partial charge on any atom is 0.259 e. The van der Waals surface area contributed by atoms with Crippen LogP contribution in [0, 0.1) is 6.92 Å². The van der Waals surface area contributed by atoms with Crippen LogP contribution in [0.2, 0.25) is 0 Å². The van der Waals surface area contributed by atoms with E-state index in [-0.39, 0.29) is 17.0 Å². The molecule has 0 spiro atoms. The summed E-state index contributed by atoms with van der Waals surface area (Å²) in [6, 6.07) is 5.23. The molecule has 2 heterocycles. The molecule has 6 heteroatoms. The van der Waals surface area contributed by atoms with Gasteiger partial charge in [-0.2, -0.15) is 0 Å². The highest BCUT2D eigenvalue weighted by Crippen LogP contribution is 2.20. The molecule has 2 aromatic rings. The highest BCUT2D eigenvalue weighted by Gasteiger charge is 2.10. The van der Waals surface area contributed by atoms with Gasteiger partial charge in [0.2, 0.25) is 0 Å². The number of aromatic amines is 1. The van der Waals surface area contributed by atoms with Crippen molar-refractivity contribution in [3.05, 3.63) is 52.2 Å². The molecule has 0 saturated carbocycles. The van der Waals surface area contributed by atoms with Gasteiger partial charge in [0.05, 0.1) is 5.56 Å². The van der Waals surface area contributed by atoms with Crippen LogP contribution in [0.1, 0.15) is 11.3 Å². The van der Waals surface area contributed by atoms with Crippen molar-refractivity contribution in [3.8, 4) is 11.1 Å². The number of aromatic nitrogens is 2. The summed E-state index contributed by atoms with van der Waals surface area (Å²) in [6.45, 7) is 1.78. The number of nitrogens with zero attached hydrogens (tertiary/aromatic N) is 2. The van der Waals surface area contributed by atoms with Crippen LogP contribution in [0.5, 0.6) is 0 Å². The monoisotopic (exact) mass is 244 g/mol. The summed E-state index contributed by atoms with van der Waals surface area (Å²) in [6.07, 6.45) is 3.31. The van der Waals surface area contributed by atoms with Gasteiger partial charge in [-0.05, 0) is 30.7 Å². The molecule has 0 aliphatic rings. The number of rotatable bonds is 2. The fourth-order valence-corrected chi connectivity index (χ4v) is 1.70. The molecule has 0 radical (unpaired) electrons. The van der Waals surface area contributed by atoms with E-state index >= 15 is 0 Å². The summed E-state index contributed by atoms with van der Waals surface area (Å²) in [4.78, 5) is 18.3. The number of H-pyrrole nitrogens is 1. The molecule has 18 heavy (non-hydrogen) atoms. The molecule has 0 aliphatic heterocycles. The van der Waals surface area contributed by atoms with Gasteiger partial charge in [0.15, 0.2) is 5.84 Å². The quantitative estimate of drug-likeness (QED) is 0.315. The predicted molar refractivity (Wildman–Crippen MR) is 67.5 cm³/mol. The molecular weight excluding hydrogens is 232 g/mol. The minimum absolute atomic E-state index is 0.134. The standard InChI is InChI=1S/C12H12N4O2/c1-7-9(8-2-4-14-5-3-8)6-10(11(13)16-18)12(17)15-7/h2-6,18H,1H3,(H2,13,16)(H,15,17). The summed E-state index contributed by atoms with van der Waals surface area (Å²) in [5, 5.41) is 11.5. The minimum Gasteiger partial charge on any atom is -0.409 e. The molecular formula is C12H12N4O2. The predicted octanol–water partition coefficient (Wildman–Crippen LogP) is 0.840. The van der Waals surface area contributed by atoms with Crippen LogP contribution < -0.4 is 11.3 Å². The topological polar surface area (TPSA) is 104 Å². The molecule has 0 aliphatic carbocycles. The summed E-state index contributed by atoms with van der Waals surface area (Å²) >= 11 is 0. The Kier molecular flexibility index (Phi) is 3.09. The van der Waals surface area contributed by atoms with Crippen LogP contribution >= 0.6 is 0 Å². The highest BCUT2D eigenvalue weighted by molar-refractivity contribution is 5.97. The van der Waals surface area contributed by atoms with E-state index in [1.807, 2.05) is 12.1 Å². The number of aryl methyl sites for hydroxylation is 1. The van der Waals surface area contributed by atoms with Crippen LogP contribution in [0.4, 0.5) is 0 Å². The number of amidine groups is 1. The van der Waals surface area contributed by atoms with Crippen LogP contribution in [-0.4, -0.2) is 21.0 Å². The van der Waals surface area contributed by atoms with Crippen molar-refractivity contribution in [3.63, 3.8) is 0 Å². The van der Waals surface area contributed by atoms with E-state index in [9.17, 15) is 4.79 Å². The maximum atomic E-state index is 11.7. The Morgan fingerprint density at radius 1 is 1.44 bits per heavy atom. The lowest BCUT2D eigenvalue weighted by Gasteiger charge is -2.07. The van der Waals surface area contributed by atoms with Crippen molar-refractivity contribution in [2.24, 2.45) is 10.9 Å². The molecule has 0 aromatic carbocycles. The van der Waals surface area contributed by atoms with Gasteiger partial charge in [0.25, 0.3) is 5.56 Å². The molecule has 4 N–H and O–H groups in total. The van der Waals surface area contributed by atoms with E-state index in [1.54, 1.807) is 25.4 Å². The second-order valence-corrected chi connectivity index (χ2v) is 3.77. The molecule has 0 fully saturated rings. The van der Waals surface area contributed by atoms with Gasteiger partial charge in [0, 0.05) is 23.7 Å². The number of hydrogen-bond acceptors (Lipinski definition) is 4. The van der Waals surface area contributed by atoms with E-state index in [4.69, 9.17) is 10.9 Å². The Morgan fingerprint density at radius 2 is 2.11 bits per heavy atom. The number of nitrogens with two attached hydrogens (primary N) is 1. The first-order valence-electron chi connectivity index (χ1n) is 5.25. The van der Waals surface area contributed by atoms with Gasteiger partial charge in [-0.1, -0.05) is 5.16 Å². The SMILES string of the molecule is Cc1[nH]c(=O)c(/C(N)=N/O)cc1-c1ccncc1. The number of nitrogens with one attached hydrogen (secondary N) is 1. The van der Waals surface area contributed by atoms with Crippen LogP contribution in [0.3, 0.4) is 0 Å². The Hall–Kier alpha value is -2.63. The van der Waals surface area contributed by atoms with Crippen LogP contribution in [0.25, 0.3) is 11.1 Å². The molecule has 0 bridgehead atoms. The second-order valence-electron chi connectivity index (χ2n) is 3.77. The average Bonchev–Trinajstić information content (AvgIpc) is 2.39. The normalized spacial score (nSPS) is 11.5. The Labute approximate surface area is 103 Å². The van der Waals surface area contributed by atoms with Crippen molar-refractivity contribution in [1.29, 1.82) is 0 Å². The van der Waals surface area contributed by atoms with E-state index < -0.39 is 0 Å². The lowest BCUT2D eigenvalue weighted by atomic mass is 10.0. The summed E-state index contributed by atoms with van der Waals surface area (Å²) in [5.41, 5.74) is 7.61. The van der Waals surface area contributed by atoms with Crippen molar-refractivity contribution in [2.75, 3.05) is 0 Å². The van der Waals surface area contributed by atoms with Gasteiger partial charge in [-0.15, -0.1) is 0 Å². The molecule has 92 valence electrons. The largest absolute Gasteiger partial charge is 0.409 e. The van der Waals surface area contributed by atoms with Crippen molar-refractivity contribution in [2.45, 2.75) is 6.92 Å². The van der Waals surface area contributed by atoms with Crippen molar-refractivity contribution in [1.82, 2.24) is 9.97 Å².